The normalized spacial score (nSPS) is 20.6. The molecule has 1 aliphatic heterocycles. The van der Waals surface area contributed by atoms with Crippen LogP contribution in [0, 0.1) is 0 Å². The van der Waals surface area contributed by atoms with E-state index in [4.69, 9.17) is 11.6 Å². The topological polar surface area (TPSA) is 49.4 Å². The molecule has 0 bridgehead atoms. The standard InChI is InChI=1S/C14H21ClN2O2S2/c1-3-12-10-17(6-7-20-12)21(18,19)14-8-11(9-16-2)4-5-13(14)15/h4-5,8,12,16H,3,6-7,9-10H2,1-2H3. The van der Waals surface area contributed by atoms with E-state index in [0.717, 1.165) is 17.7 Å². The van der Waals surface area contributed by atoms with Crippen LogP contribution in [-0.4, -0.2) is 43.9 Å². The maximum absolute atomic E-state index is 12.8. The lowest BCUT2D eigenvalue weighted by Gasteiger charge is -2.31. The highest BCUT2D eigenvalue weighted by molar-refractivity contribution is 8.00. The summed E-state index contributed by atoms with van der Waals surface area (Å²) in [4.78, 5) is 0.221. The van der Waals surface area contributed by atoms with Crippen molar-refractivity contribution in [1.82, 2.24) is 9.62 Å². The van der Waals surface area contributed by atoms with Crippen molar-refractivity contribution in [3.63, 3.8) is 0 Å². The highest BCUT2D eigenvalue weighted by Gasteiger charge is 2.31. The molecule has 21 heavy (non-hydrogen) atoms. The Hall–Kier alpha value is -0.270. The number of thioether (sulfide) groups is 1. The molecule has 1 unspecified atom stereocenters. The van der Waals surface area contributed by atoms with Gasteiger partial charge in [-0.15, -0.1) is 0 Å². The summed E-state index contributed by atoms with van der Waals surface area (Å²) in [5.74, 6) is 0.839. The third kappa shape index (κ3) is 3.93. The molecule has 0 saturated carbocycles. The van der Waals surface area contributed by atoms with Crippen LogP contribution < -0.4 is 5.32 Å². The van der Waals surface area contributed by atoms with Gasteiger partial charge in [-0.25, -0.2) is 8.42 Å². The fourth-order valence-corrected chi connectivity index (χ4v) is 5.76. The highest BCUT2D eigenvalue weighted by atomic mass is 35.5. The van der Waals surface area contributed by atoms with Gasteiger partial charge in [0, 0.05) is 30.6 Å². The van der Waals surface area contributed by atoms with Crippen molar-refractivity contribution >= 4 is 33.4 Å². The van der Waals surface area contributed by atoms with Crippen LogP contribution in [0.4, 0.5) is 0 Å². The molecule has 1 heterocycles. The zero-order valence-electron chi connectivity index (χ0n) is 12.3. The quantitative estimate of drug-likeness (QED) is 0.888. The van der Waals surface area contributed by atoms with E-state index in [2.05, 4.69) is 12.2 Å². The van der Waals surface area contributed by atoms with Crippen molar-refractivity contribution in [2.45, 2.75) is 30.0 Å². The predicted octanol–water partition coefficient (Wildman–Crippen LogP) is 2.58. The molecular weight excluding hydrogens is 328 g/mol. The summed E-state index contributed by atoms with van der Waals surface area (Å²) in [6.07, 6.45) is 0.976. The van der Waals surface area contributed by atoms with Crippen molar-refractivity contribution in [1.29, 1.82) is 0 Å². The maximum Gasteiger partial charge on any atom is 0.244 e. The van der Waals surface area contributed by atoms with Crippen molar-refractivity contribution in [2.24, 2.45) is 0 Å². The number of benzene rings is 1. The van der Waals surface area contributed by atoms with Crippen molar-refractivity contribution in [3.05, 3.63) is 28.8 Å². The molecule has 1 atom stereocenters. The molecule has 7 heteroatoms. The molecule has 1 saturated heterocycles. The van der Waals surface area contributed by atoms with Gasteiger partial charge in [-0.05, 0) is 31.2 Å². The first-order valence-electron chi connectivity index (χ1n) is 7.03. The molecule has 0 aliphatic carbocycles. The number of hydrogen-bond donors (Lipinski definition) is 1. The van der Waals surface area contributed by atoms with Crippen molar-refractivity contribution in [2.75, 3.05) is 25.9 Å². The summed E-state index contributed by atoms with van der Waals surface area (Å²) in [5.41, 5.74) is 0.916. The molecular formula is C14H21ClN2O2S2. The Morgan fingerprint density at radius 3 is 2.90 bits per heavy atom. The van der Waals surface area contributed by atoms with Crippen LogP contribution >= 0.6 is 23.4 Å². The van der Waals surface area contributed by atoms with Crippen LogP contribution in [0.15, 0.2) is 23.1 Å². The molecule has 0 aromatic heterocycles. The fourth-order valence-electron chi connectivity index (χ4n) is 2.36. The van der Waals surface area contributed by atoms with Gasteiger partial charge >= 0.3 is 0 Å². The molecule has 1 aromatic carbocycles. The first-order valence-corrected chi connectivity index (χ1v) is 9.90. The molecule has 1 aromatic rings. The summed E-state index contributed by atoms with van der Waals surface area (Å²) in [6.45, 7) is 3.83. The van der Waals surface area contributed by atoms with Gasteiger partial charge in [0.2, 0.25) is 10.0 Å². The van der Waals surface area contributed by atoms with E-state index in [-0.39, 0.29) is 4.90 Å². The molecule has 0 amide bonds. The number of rotatable bonds is 5. The Morgan fingerprint density at radius 2 is 2.24 bits per heavy atom. The van der Waals surface area contributed by atoms with Gasteiger partial charge in [0.05, 0.1) is 5.02 Å². The summed E-state index contributed by atoms with van der Waals surface area (Å²) < 4.78 is 27.2. The number of sulfonamides is 1. The molecule has 0 radical (unpaired) electrons. The van der Waals surface area contributed by atoms with Gasteiger partial charge in [0.25, 0.3) is 0 Å². The van der Waals surface area contributed by atoms with Crippen LogP contribution in [0.25, 0.3) is 0 Å². The van der Waals surface area contributed by atoms with E-state index in [9.17, 15) is 8.42 Å². The number of nitrogens with zero attached hydrogens (tertiary/aromatic N) is 1. The lowest BCUT2D eigenvalue weighted by molar-refractivity contribution is 0.416. The molecule has 2 rings (SSSR count). The number of hydrogen-bond acceptors (Lipinski definition) is 4. The van der Waals surface area contributed by atoms with Gasteiger partial charge in [0.1, 0.15) is 4.90 Å². The van der Waals surface area contributed by atoms with Crippen LogP contribution in [0.3, 0.4) is 0 Å². The van der Waals surface area contributed by atoms with Crippen LogP contribution in [0.2, 0.25) is 5.02 Å². The SMILES string of the molecule is CCC1CN(S(=O)(=O)c2cc(CNC)ccc2Cl)CCS1. The zero-order valence-corrected chi connectivity index (χ0v) is 14.7. The molecule has 118 valence electrons. The second-order valence-corrected chi connectivity index (χ2v) is 8.78. The summed E-state index contributed by atoms with van der Waals surface area (Å²) in [5, 5.41) is 3.68. The van der Waals surface area contributed by atoms with Gasteiger partial charge in [-0.3, -0.25) is 0 Å². The van der Waals surface area contributed by atoms with E-state index >= 15 is 0 Å². The molecule has 1 N–H and O–H groups in total. The van der Waals surface area contributed by atoms with E-state index in [1.54, 1.807) is 16.4 Å². The average molecular weight is 349 g/mol. The average Bonchev–Trinajstić information content (AvgIpc) is 2.49. The van der Waals surface area contributed by atoms with E-state index in [1.807, 2.05) is 24.9 Å². The minimum absolute atomic E-state index is 0.221. The molecule has 1 aliphatic rings. The monoisotopic (exact) mass is 348 g/mol. The van der Waals surface area contributed by atoms with Crippen LogP contribution in [0.1, 0.15) is 18.9 Å². The summed E-state index contributed by atoms with van der Waals surface area (Å²) in [6, 6.07) is 5.19. The first kappa shape index (κ1) is 17.1. The van der Waals surface area contributed by atoms with Crippen molar-refractivity contribution < 1.29 is 8.42 Å². The van der Waals surface area contributed by atoms with Crippen molar-refractivity contribution in [3.8, 4) is 0 Å². The number of nitrogens with one attached hydrogen (secondary N) is 1. The lowest BCUT2D eigenvalue weighted by Crippen LogP contribution is -2.41. The van der Waals surface area contributed by atoms with Gasteiger partial charge in [-0.1, -0.05) is 24.6 Å². The fraction of sp³-hybridized carbons (Fsp3) is 0.571. The smallest absolute Gasteiger partial charge is 0.244 e. The minimum Gasteiger partial charge on any atom is -0.316 e. The Balaban J connectivity index is 2.32. The predicted molar refractivity (Wildman–Crippen MR) is 89.5 cm³/mol. The second-order valence-electron chi connectivity index (χ2n) is 5.06. The van der Waals surface area contributed by atoms with Gasteiger partial charge in [-0.2, -0.15) is 16.1 Å². The minimum atomic E-state index is -3.52. The Labute approximate surface area is 136 Å². The van der Waals surface area contributed by atoms with E-state index in [0.29, 0.717) is 29.9 Å². The highest BCUT2D eigenvalue weighted by Crippen LogP contribution is 2.30. The third-order valence-corrected chi connectivity index (χ3v) is 7.27. The van der Waals surface area contributed by atoms with E-state index < -0.39 is 10.0 Å². The lowest BCUT2D eigenvalue weighted by atomic mass is 10.2. The molecule has 1 fully saturated rings. The third-order valence-electron chi connectivity index (χ3n) is 3.55. The van der Waals surface area contributed by atoms with E-state index in [1.165, 1.54) is 0 Å². The molecule has 0 spiro atoms. The Bertz CT molecular complexity index is 593. The van der Waals surface area contributed by atoms with Gasteiger partial charge < -0.3 is 5.32 Å². The summed E-state index contributed by atoms with van der Waals surface area (Å²) in [7, 11) is -1.69. The van der Waals surface area contributed by atoms with Crippen LogP contribution in [0.5, 0.6) is 0 Å². The first-order chi connectivity index (χ1) is 9.98. The Morgan fingerprint density at radius 1 is 1.48 bits per heavy atom. The number of halogens is 1. The summed E-state index contributed by atoms with van der Waals surface area (Å²) >= 11 is 7.98. The maximum atomic E-state index is 12.8. The largest absolute Gasteiger partial charge is 0.316 e. The molecule has 4 nitrogen and oxygen atoms in total. The zero-order chi connectivity index (χ0) is 15.5. The second kappa shape index (κ2) is 7.33. The van der Waals surface area contributed by atoms with Crippen LogP contribution in [-0.2, 0) is 16.6 Å². The van der Waals surface area contributed by atoms with Gasteiger partial charge in [0.15, 0.2) is 0 Å². The Kier molecular flexibility index (Phi) is 5.96.